The number of β-amino-alcohol motifs (C(OH)–C–C–N with tert-alkyl or cyclic N) is 1. The van der Waals surface area contributed by atoms with Gasteiger partial charge in [0, 0.05) is 57.5 Å². The van der Waals surface area contributed by atoms with E-state index in [1.54, 1.807) is 34.4 Å². The fourth-order valence-electron chi connectivity index (χ4n) is 5.91. The largest absolute Gasteiger partial charge is 0.389 e. The lowest BCUT2D eigenvalue weighted by Gasteiger charge is -2.38. The van der Waals surface area contributed by atoms with Crippen molar-refractivity contribution in [3.05, 3.63) is 125 Å². The second-order valence-corrected chi connectivity index (χ2v) is 12.9. The summed E-state index contributed by atoms with van der Waals surface area (Å²) in [6.45, 7) is 0.766. The number of carbonyl (C=O) groups excluding carboxylic acids is 1. The number of fused-ring (bicyclic) bond motifs is 1. The average molecular weight is 672 g/mol. The molecule has 0 bridgehead atoms. The first-order chi connectivity index (χ1) is 22.7. The second-order valence-electron chi connectivity index (χ2n) is 11.2. The molecule has 47 heavy (non-hydrogen) atoms. The van der Waals surface area contributed by atoms with Crippen LogP contribution >= 0.6 is 11.6 Å². The first kappa shape index (κ1) is 30.9. The molecule has 0 aliphatic carbocycles. The number of anilines is 1. The van der Waals surface area contributed by atoms with E-state index >= 15 is 4.39 Å². The van der Waals surface area contributed by atoms with Crippen molar-refractivity contribution in [2.24, 2.45) is 0 Å². The average Bonchev–Trinajstić information content (AvgIpc) is 3.40. The number of pyridine rings is 1. The van der Waals surface area contributed by atoms with E-state index in [1.165, 1.54) is 42.5 Å². The minimum atomic E-state index is -2.69. The van der Waals surface area contributed by atoms with Crippen molar-refractivity contribution in [3.63, 3.8) is 0 Å². The van der Waals surface area contributed by atoms with Gasteiger partial charge < -0.3 is 10.0 Å². The normalized spacial score (nSPS) is 14.0. The van der Waals surface area contributed by atoms with Crippen LogP contribution in [0.3, 0.4) is 0 Å². The fourth-order valence-corrected chi connectivity index (χ4v) is 7.49. The van der Waals surface area contributed by atoms with E-state index in [-0.39, 0.29) is 10.5 Å². The molecule has 4 aromatic carbocycles. The Kier molecular flexibility index (Phi) is 8.17. The summed E-state index contributed by atoms with van der Waals surface area (Å²) in [4.78, 5) is 18.3. The highest BCUT2D eigenvalue weighted by Gasteiger charge is 2.31. The maximum Gasteiger partial charge on any atom is 0.263 e. The molecule has 0 saturated carbocycles. The second kappa shape index (κ2) is 12.4. The first-order valence-electron chi connectivity index (χ1n) is 14.6. The van der Waals surface area contributed by atoms with E-state index in [2.05, 4.69) is 0 Å². The molecule has 0 radical (unpaired) electrons. The van der Waals surface area contributed by atoms with Gasteiger partial charge in [0.25, 0.3) is 6.43 Å². The molecular formula is C36H25ClF3N3O3S. The van der Waals surface area contributed by atoms with Gasteiger partial charge in [0.15, 0.2) is 11.0 Å². The van der Waals surface area contributed by atoms with Crippen molar-refractivity contribution in [1.29, 1.82) is 0 Å². The SMILES string of the molecule is O=Cc1ccc(-c2cccc(-c3c(-c4ncccc4N4CC(O)C4)c4cc(F)ccc4n3S(=O)c3ccc(C(F)F)cc3)c2)c(Cl)c1. The number of aldehydes is 1. The van der Waals surface area contributed by atoms with Gasteiger partial charge >= 0.3 is 0 Å². The van der Waals surface area contributed by atoms with Crippen molar-refractivity contribution >= 4 is 45.5 Å². The number of hydrogen-bond donors (Lipinski definition) is 1. The molecular weight excluding hydrogens is 647 g/mol. The molecule has 6 aromatic rings. The number of benzene rings is 4. The third-order valence-corrected chi connectivity index (χ3v) is 9.89. The summed E-state index contributed by atoms with van der Waals surface area (Å²) in [6, 6.07) is 25.4. The lowest BCUT2D eigenvalue weighted by Crippen LogP contribution is -2.51. The van der Waals surface area contributed by atoms with Crippen LogP contribution in [-0.2, 0) is 11.0 Å². The van der Waals surface area contributed by atoms with Gasteiger partial charge in [-0.1, -0.05) is 54.1 Å². The number of carbonyl (C=O) groups is 1. The summed E-state index contributed by atoms with van der Waals surface area (Å²) in [6.07, 6.45) is -0.864. The van der Waals surface area contributed by atoms with Gasteiger partial charge in [0.1, 0.15) is 12.1 Å². The zero-order valence-corrected chi connectivity index (χ0v) is 26.1. The molecule has 1 aliphatic heterocycles. The van der Waals surface area contributed by atoms with Gasteiger partial charge in [-0.3, -0.25) is 13.8 Å². The minimum absolute atomic E-state index is 0.203. The molecule has 1 atom stereocenters. The Hall–Kier alpha value is -4.77. The molecule has 1 aliphatic rings. The number of halogens is 4. The van der Waals surface area contributed by atoms with Gasteiger partial charge in [-0.05, 0) is 60.2 Å². The molecule has 3 heterocycles. The first-order valence-corrected chi connectivity index (χ1v) is 16.1. The molecule has 1 N–H and O–H groups in total. The van der Waals surface area contributed by atoms with Gasteiger partial charge in [0.05, 0.1) is 33.6 Å². The number of alkyl halides is 2. The molecule has 0 amide bonds. The Labute approximate surface area is 275 Å². The van der Waals surface area contributed by atoms with Gasteiger partial charge in [-0.15, -0.1) is 0 Å². The molecule has 11 heteroatoms. The van der Waals surface area contributed by atoms with Gasteiger partial charge in [-0.25, -0.2) is 17.4 Å². The lowest BCUT2D eigenvalue weighted by molar-refractivity contribution is 0.112. The predicted octanol–water partition coefficient (Wildman–Crippen LogP) is 8.33. The minimum Gasteiger partial charge on any atom is -0.389 e. The molecule has 1 unspecified atom stereocenters. The van der Waals surface area contributed by atoms with Crippen LogP contribution in [0.5, 0.6) is 0 Å². The number of aliphatic hydroxyl groups is 1. The Morgan fingerprint density at radius 2 is 1.70 bits per heavy atom. The summed E-state index contributed by atoms with van der Waals surface area (Å²) in [7, 11) is -1.98. The molecule has 1 fully saturated rings. The third kappa shape index (κ3) is 5.62. The quantitative estimate of drug-likeness (QED) is 0.165. The summed E-state index contributed by atoms with van der Waals surface area (Å²) in [5.74, 6) is -0.512. The molecule has 236 valence electrons. The standard InChI is InChI=1S/C36H25ClF3N3O3S/c37-30-15-21(20-44)6-12-28(30)23-3-1-4-24(16-23)35-33(34-32(5-2-14-41-34)42-18-26(45)19-42)29-17-25(38)9-13-31(29)43(35)47(46)27-10-7-22(8-11-27)36(39)40/h1-17,20,26,36,45H,18-19H2. The summed E-state index contributed by atoms with van der Waals surface area (Å²) >= 11 is 6.59. The molecule has 0 spiro atoms. The van der Waals surface area contributed by atoms with Crippen molar-refractivity contribution in [3.8, 4) is 33.6 Å². The molecule has 2 aromatic heterocycles. The monoisotopic (exact) mass is 671 g/mol. The van der Waals surface area contributed by atoms with Crippen LogP contribution in [0.4, 0.5) is 18.9 Å². The maximum atomic E-state index is 15.0. The number of hydrogen-bond acceptors (Lipinski definition) is 5. The van der Waals surface area contributed by atoms with E-state index in [4.69, 9.17) is 16.6 Å². The Bertz CT molecular complexity index is 2180. The summed E-state index contributed by atoms with van der Waals surface area (Å²) in [5.41, 5.74) is 4.78. The van der Waals surface area contributed by atoms with Gasteiger partial charge in [0.2, 0.25) is 0 Å². The zero-order chi connectivity index (χ0) is 32.8. The Morgan fingerprint density at radius 3 is 2.40 bits per heavy atom. The van der Waals surface area contributed by atoms with Crippen LogP contribution in [0, 0.1) is 5.82 Å². The van der Waals surface area contributed by atoms with Crippen LogP contribution in [0.2, 0.25) is 5.02 Å². The number of rotatable bonds is 8. The number of aliphatic hydroxyl groups excluding tert-OH is 1. The van der Waals surface area contributed by atoms with E-state index in [0.717, 1.165) is 0 Å². The van der Waals surface area contributed by atoms with Crippen molar-refractivity contribution < 1.29 is 27.3 Å². The Morgan fingerprint density at radius 1 is 0.936 bits per heavy atom. The van der Waals surface area contributed by atoms with E-state index < -0.39 is 29.3 Å². The highest BCUT2D eigenvalue weighted by Crippen LogP contribution is 2.46. The van der Waals surface area contributed by atoms with Crippen molar-refractivity contribution in [2.75, 3.05) is 18.0 Å². The smallest absolute Gasteiger partial charge is 0.263 e. The molecule has 6 nitrogen and oxygen atoms in total. The highest BCUT2D eigenvalue weighted by molar-refractivity contribution is 7.83. The zero-order valence-electron chi connectivity index (χ0n) is 24.5. The highest BCUT2D eigenvalue weighted by atomic mass is 35.5. The van der Waals surface area contributed by atoms with E-state index in [9.17, 15) is 22.9 Å². The van der Waals surface area contributed by atoms with Crippen LogP contribution in [0.15, 0.2) is 108 Å². The number of nitrogens with zero attached hydrogens (tertiary/aromatic N) is 3. The Balaban J connectivity index is 1.53. The maximum absolute atomic E-state index is 15.0. The van der Waals surface area contributed by atoms with Gasteiger partial charge in [-0.2, -0.15) is 0 Å². The van der Waals surface area contributed by atoms with Crippen LogP contribution in [0.1, 0.15) is 22.3 Å². The van der Waals surface area contributed by atoms with Crippen molar-refractivity contribution in [2.45, 2.75) is 17.4 Å². The van der Waals surface area contributed by atoms with E-state index in [1.807, 2.05) is 35.2 Å². The third-order valence-electron chi connectivity index (χ3n) is 8.19. The summed E-state index contributed by atoms with van der Waals surface area (Å²) in [5, 5.41) is 10.9. The van der Waals surface area contributed by atoms with E-state index in [0.29, 0.717) is 80.2 Å². The van der Waals surface area contributed by atoms with Crippen molar-refractivity contribution in [1.82, 2.24) is 8.96 Å². The number of aromatic nitrogens is 2. The lowest BCUT2D eigenvalue weighted by atomic mass is 9.96. The summed E-state index contributed by atoms with van der Waals surface area (Å²) < 4.78 is 57.9. The predicted molar refractivity (Wildman–Crippen MR) is 178 cm³/mol. The molecule has 7 rings (SSSR count). The fraction of sp³-hybridized carbons (Fsp3) is 0.111. The molecule has 1 saturated heterocycles. The van der Waals surface area contributed by atoms with Crippen LogP contribution < -0.4 is 4.90 Å². The van der Waals surface area contributed by atoms with Crippen LogP contribution in [-0.4, -0.2) is 43.8 Å². The van der Waals surface area contributed by atoms with Crippen LogP contribution in [0.25, 0.3) is 44.5 Å². The topological polar surface area (TPSA) is 75.4 Å².